The molecule has 1 aromatic carbocycles. The highest BCUT2D eigenvalue weighted by atomic mass is 127. The Morgan fingerprint density at radius 1 is 1.22 bits per heavy atom. The van der Waals surface area contributed by atoms with E-state index in [1.165, 1.54) is 0 Å². The lowest BCUT2D eigenvalue weighted by atomic mass is 10.1. The number of nitrogens with one attached hydrogen (secondary N) is 2. The number of aliphatic hydroxyl groups is 1. The van der Waals surface area contributed by atoms with E-state index in [0.717, 1.165) is 23.8 Å². The minimum Gasteiger partial charge on any atom is -0.497 e. The number of hydrogen-bond donors (Lipinski definition) is 3. The number of halogens is 1. The number of benzene rings is 1. The molecule has 0 amide bonds. The monoisotopic (exact) mass is 435 g/mol. The first-order chi connectivity index (χ1) is 10.5. The second kappa shape index (κ2) is 11.5. The van der Waals surface area contributed by atoms with Gasteiger partial charge in [-0.2, -0.15) is 0 Å². The molecule has 0 bridgehead atoms. The minimum absolute atomic E-state index is 0. The van der Waals surface area contributed by atoms with E-state index in [-0.39, 0.29) is 24.0 Å². The Hall–Kier alpha value is -1.02. The predicted molar refractivity (Wildman–Crippen MR) is 107 cm³/mol. The molecule has 132 valence electrons. The molecule has 2 unspecified atom stereocenters. The molecule has 3 N–H and O–H groups in total. The molecule has 0 aliphatic rings. The topological polar surface area (TPSA) is 65.9 Å². The predicted octanol–water partition coefficient (Wildman–Crippen LogP) is 2.95. The van der Waals surface area contributed by atoms with E-state index in [1.54, 1.807) is 7.11 Å². The third kappa shape index (κ3) is 7.87. The van der Waals surface area contributed by atoms with Gasteiger partial charge in [-0.05, 0) is 37.5 Å². The van der Waals surface area contributed by atoms with Gasteiger partial charge in [0, 0.05) is 12.6 Å². The highest BCUT2D eigenvalue weighted by molar-refractivity contribution is 14.0. The SMILES string of the molecule is CCNC(=NCC(O)c1ccc(OC)cc1)NC(C)C(C)C.I. The molecule has 1 aromatic rings. The molecule has 0 aliphatic carbocycles. The molecule has 6 heteroatoms. The van der Waals surface area contributed by atoms with Crippen molar-refractivity contribution in [2.45, 2.75) is 39.8 Å². The summed E-state index contributed by atoms with van der Waals surface area (Å²) in [6.45, 7) is 9.57. The van der Waals surface area contributed by atoms with Crippen LogP contribution in [0.25, 0.3) is 0 Å². The van der Waals surface area contributed by atoms with Crippen molar-refractivity contribution in [2.75, 3.05) is 20.2 Å². The van der Waals surface area contributed by atoms with Crippen molar-refractivity contribution in [3.05, 3.63) is 29.8 Å². The first-order valence-electron chi connectivity index (χ1n) is 7.84. The molecule has 0 fully saturated rings. The molecule has 2 atom stereocenters. The van der Waals surface area contributed by atoms with Gasteiger partial charge in [0.25, 0.3) is 0 Å². The molecule has 0 saturated carbocycles. The average Bonchev–Trinajstić information content (AvgIpc) is 2.52. The van der Waals surface area contributed by atoms with Crippen LogP contribution >= 0.6 is 24.0 Å². The lowest BCUT2D eigenvalue weighted by Crippen LogP contribution is -2.44. The Morgan fingerprint density at radius 2 is 1.83 bits per heavy atom. The van der Waals surface area contributed by atoms with Gasteiger partial charge < -0.3 is 20.5 Å². The summed E-state index contributed by atoms with van der Waals surface area (Å²) >= 11 is 0. The Labute approximate surface area is 156 Å². The molecule has 0 aliphatic heterocycles. The normalized spacial score (nSPS) is 14.0. The first kappa shape index (κ1) is 22.0. The van der Waals surface area contributed by atoms with E-state index in [1.807, 2.05) is 31.2 Å². The fourth-order valence-corrected chi connectivity index (χ4v) is 1.81. The third-order valence-corrected chi connectivity index (χ3v) is 3.63. The summed E-state index contributed by atoms with van der Waals surface area (Å²) in [7, 11) is 1.62. The summed E-state index contributed by atoms with van der Waals surface area (Å²) in [5.74, 6) is 2.02. The van der Waals surface area contributed by atoms with Gasteiger partial charge in [0.2, 0.25) is 0 Å². The van der Waals surface area contributed by atoms with Gasteiger partial charge in [-0.3, -0.25) is 4.99 Å². The number of nitrogens with zero attached hydrogens (tertiary/aromatic N) is 1. The van der Waals surface area contributed by atoms with E-state index < -0.39 is 6.10 Å². The standard InChI is InChI=1S/C17H29N3O2.HI/c1-6-18-17(20-13(4)12(2)3)19-11-16(21)14-7-9-15(22-5)10-8-14;/h7-10,12-13,16,21H,6,11H2,1-5H3,(H2,18,19,20);1H. The number of aliphatic hydroxyl groups excluding tert-OH is 1. The van der Waals surface area contributed by atoms with E-state index in [4.69, 9.17) is 4.74 Å². The average molecular weight is 435 g/mol. The maximum Gasteiger partial charge on any atom is 0.191 e. The molecule has 1 rings (SSSR count). The number of ether oxygens (including phenoxy) is 1. The van der Waals surface area contributed by atoms with Crippen LogP contribution in [0.1, 0.15) is 39.4 Å². The van der Waals surface area contributed by atoms with Crippen LogP contribution in [0.5, 0.6) is 5.75 Å². The van der Waals surface area contributed by atoms with Gasteiger partial charge in [-0.1, -0.05) is 26.0 Å². The highest BCUT2D eigenvalue weighted by Crippen LogP contribution is 2.17. The van der Waals surface area contributed by atoms with Crippen LogP contribution in [0.4, 0.5) is 0 Å². The maximum absolute atomic E-state index is 10.2. The molecule has 0 spiro atoms. The van der Waals surface area contributed by atoms with Gasteiger partial charge in [0.05, 0.1) is 19.8 Å². The Morgan fingerprint density at radius 3 is 2.30 bits per heavy atom. The maximum atomic E-state index is 10.2. The van der Waals surface area contributed by atoms with E-state index in [9.17, 15) is 5.11 Å². The molecular weight excluding hydrogens is 405 g/mol. The lowest BCUT2D eigenvalue weighted by molar-refractivity contribution is 0.187. The lowest BCUT2D eigenvalue weighted by Gasteiger charge is -2.21. The Kier molecular flexibility index (Phi) is 11.0. The van der Waals surface area contributed by atoms with Crippen LogP contribution in [-0.4, -0.2) is 37.3 Å². The zero-order chi connectivity index (χ0) is 16.5. The summed E-state index contributed by atoms with van der Waals surface area (Å²) < 4.78 is 5.12. The van der Waals surface area contributed by atoms with Gasteiger partial charge in [-0.25, -0.2) is 0 Å². The van der Waals surface area contributed by atoms with Crippen molar-refractivity contribution in [1.82, 2.24) is 10.6 Å². The fraction of sp³-hybridized carbons (Fsp3) is 0.588. The smallest absolute Gasteiger partial charge is 0.191 e. The second-order valence-electron chi connectivity index (χ2n) is 5.69. The number of rotatable bonds is 7. The molecule has 0 heterocycles. The quantitative estimate of drug-likeness (QED) is 0.350. The summed E-state index contributed by atoms with van der Waals surface area (Å²) in [6, 6.07) is 7.71. The molecule has 23 heavy (non-hydrogen) atoms. The van der Waals surface area contributed by atoms with E-state index in [2.05, 4.69) is 36.4 Å². The van der Waals surface area contributed by atoms with E-state index in [0.29, 0.717) is 18.5 Å². The van der Waals surface area contributed by atoms with Crippen LogP contribution < -0.4 is 15.4 Å². The van der Waals surface area contributed by atoms with E-state index >= 15 is 0 Å². The van der Waals surface area contributed by atoms with Crippen molar-refractivity contribution in [1.29, 1.82) is 0 Å². The fourth-order valence-electron chi connectivity index (χ4n) is 1.81. The van der Waals surface area contributed by atoms with Crippen molar-refractivity contribution < 1.29 is 9.84 Å². The van der Waals surface area contributed by atoms with Gasteiger partial charge in [0.1, 0.15) is 5.75 Å². The van der Waals surface area contributed by atoms with Gasteiger partial charge >= 0.3 is 0 Å². The zero-order valence-corrected chi connectivity index (χ0v) is 17.0. The van der Waals surface area contributed by atoms with Crippen LogP contribution in [-0.2, 0) is 0 Å². The van der Waals surface area contributed by atoms with Gasteiger partial charge in [-0.15, -0.1) is 24.0 Å². The number of methoxy groups -OCH3 is 1. The van der Waals surface area contributed by atoms with Crippen LogP contribution in [0.2, 0.25) is 0 Å². The summed E-state index contributed by atoms with van der Waals surface area (Å²) in [4.78, 5) is 4.47. The Bertz CT molecular complexity index is 463. The Balaban J connectivity index is 0.00000484. The molecule has 0 radical (unpaired) electrons. The summed E-state index contributed by atoms with van der Waals surface area (Å²) in [5.41, 5.74) is 0.831. The summed E-state index contributed by atoms with van der Waals surface area (Å²) in [5, 5.41) is 16.8. The second-order valence-corrected chi connectivity index (χ2v) is 5.69. The molecular formula is C17H30IN3O2. The van der Waals surface area contributed by atoms with Crippen LogP contribution in [0.15, 0.2) is 29.3 Å². The largest absolute Gasteiger partial charge is 0.497 e. The van der Waals surface area contributed by atoms with Crippen LogP contribution in [0, 0.1) is 5.92 Å². The van der Waals surface area contributed by atoms with Gasteiger partial charge in [0.15, 0.2) is 5.96 Å². The number of guanidine groups is 1. The van der Waals surface area contributed by atoms with Crippen molar-refractivity contribution in [3.8, 4) is 5.75 Å². The summed E-state index contributed by atoms with van der Waals surface area (Å²) in [6.07, 6.45) is -0.629. The highest BCUT2D eigenvalue weighted by Gasteiger charge is 2.11. The minimum atomic E-state index is -0.629. The first-order valence-corrected chi connectivity index (χ1v) is 7.84. The zero-order valence-electron chi connectivity index (χ0n) is 14.7. The van der Waals surface area contributed by atoms with Crippen LogP contribution in [0.3, 0.4) is 0 Å². The third-order valence-electron chi connectivity index (χ3n) is 3.63. The molecule has 0 aromatic heterocycles. The van der Waals surface area contributed by atoms with Crippen molar-refractivity contribution in [2.24, 2.45) is 10.9 Å². The molecule has 0 saturated heterocycles. The number of aliphatic imine (C=N–C) groups is 1. The number of hydrogen-bond acceptors (Lipinski definition) is 3. The van der Waals surface area contributed by atoms with Crippen molar-refractivity contribution >= 4 is 29.9 Å². The van der Waals surface area contributed by atoms with Crippen molar-refractivity contribution in [3.63, 3.8) is 0 Å². The molecule has 5 nitrogen and oxygen atoms in total.